The highest BCUT2D eigenvalue weighted by atomic mass is 32.2. The van der Waals surface area contributed by atoms with E-state index < -0.39 is 29.0 Å². The molecule has 0 aliphatic carbocycles. The van der Waals surface area contributed by atoms with E-state index in [0.29, 0.717) is 19.3 Å². The summed E-state index contributed by atoms with van der Waals surface area (Å²) in [5.74, 6) is -0.823. The molecule has 0 saturated carbocycles. The quantitative estimate of drug-likeness (QED) is 0.830. The first-order valence-corrected chi connectivity index (χ1v) is 7.39. The van der Waals surface area contributed by atoms with Crippen LogP contribution in [0, 0.1) is 5.82 Å². The van der Waals surface area contributed by atoms with Crippen LogP contribution >= 0.6 is 0 Å². The minimum Gasteiger partial charge on any atom is -0.345 e. The number of aryl methyl sites for hydroxylation is 1. The van der Waals surface area contributed by atoms with E-state index in [-0.39, 0.29) is 17.1 Å². The second-order valence-corrected chi connectivity index (χ2v) is 6.19. The molecule has 0 bridgehead atoms. The van der Waals surface area contributed by atoms with E-state index in [1.165, 1.54) is 17.8 Å². The molecule has 3 atom stereocenters. The third-order valence-electron chi connectivity index (χ3n) is 3.45. The number of aromatic nitrogens is 1. The molecule has 1 aromatic heterocycles. The fourth-order valence-corrected chi connectivity index (χ4v) is 3.43. The number of carbonyl (C=O) groups excluding carboxylic acids is 1. The van der Waals surface area contributed by atoms with E-state index in [0.717, 1.165) is 0 Å². The van der Waals surface area contributed by atoms with E-state index in [1.54, 1.807) is 0 Å². The van der Waals surface area contributed by atoms with Crippen molar-refractivity contribution in [1.82, 2.24) is 14.2 Å². The molecule has 2 heterocycles. The van der Waals surface area contributed by atoms with Crippen molar-refractivity contribution in [1.29, 1.82) is 0 Å². The first kappa shape index (κ1) is 15.3. The first-order valence-electron chi connectivity index (χ1n) is 6.24. The summed E-state index contributed by atoms with van der Waals surface area (Å²) in [4.78, 5) is 12.4. The molecular formula is C12H17F2N3O2S. The molecular weight excluding hydrogens is 288 g/mol. The van der Waals surface area contributed by atoms with Crippen LogP contribution < -0.4 is 4.72 Å². The van der Waals surface area contributed by atoms with Gasteiger partial charge in [-0.05, 0) is 20.0 Å². The van der Waals surface area contributed by atoms with E-state index in [9.17, 15) is 17.8 Å². The zero-order valence-corrected chi connectivity index (χ0v) is 12.1. The van der Waals surface area contributed by atoms with Gasteiger partial charge in [-0.2, -0.15) is 0 Å². The van der Waals surface area contributed by atoms with Crippen LogP contribution in [-0.2, 0) is 18.0 Å². The molecule has 5 nitrogen and oxygen atoms in total. The monoisotopic (exact) mass is 305 g/mol. The van der Waals surface area contributed by atoms with Gasteiger partial charge in [0.15, 0.2) is 12.1 Å². The Morgan fingerprint density at radius 3 is 2.75 bits per heavy atom. The Bertz CT molecular complexity index is 535. The fraction of sp³-hybridized carbons (Fsp3) is 0.583. The fourth-order valence-electron chi connectivity index (χ4n) is 2.24. The summed E-state index contributed by atoms with van der Waals surface area (Å²) < 4.78 is 43.7. The smallest absolute Gasteiger partial charge is 0.169 e. The van der Waals surface area contributed by atoms with E-state index in [2.05, 4.69) is 4.72 Å². The maximum absolute atomic E-state index is 13.9. The Hall–Kier alpha value is -1.12. The highest BCUT2D eigenvalue weighted by Gasteiger charge is 2.30. The van der Waals surface area contributed by atoms with Crippen molar-refractivity contribution in [3.8, 4) is 0 Å². The summed E-state index contributed by atoms with van der Waals surface area (Å²) in [5.41, 5.74) is -0.171. The van der Waals surface area contributed by atoms with Crippen LogP contribution in [0.15, 0.2) is 11.1 Å². The minimum atomic E-state index is -1.88. The van der Waals surface area contributed by atoms with Crippen LogP contribution in [0.3, 0.4) is 0 Å². The van der Waals surface area contributed by atoms with Gasteiger partial charge in [-0.25, -0.2) is 17.7 Å². The van der Waals surface area contributed by atoms with Gasteiger partial charge in [0, 0.05) is 19.8 Å². The van der Waals surface area contributed by atoms with Crippen LogP contribution in [0.4, 0.5) is 8.78 Å². The van der Waals surface area contributed by atoms with Gasteiger partial charge in [0.2, 0.25) is 0 Å². The van der Waals surface area contributed by atoms with Crippen LogP contribution in [0.1, 0.15) is 16.9 Å². The van der Waals surface area contributed by atoms with Crippen LogP contribution in [0.2, 0.25) is 0 Å². The predicted octanol–water partition coefficient (Wildman–Crippen LogP) is 0.631. The summed E-state index contributed by atoms with van der Waals surface area (Å²) in [6.45, 7) is 0.942. The average Bonchev–Trinajstić information content (AvgIpc) is 2.68. The van der Waals surface area contributed by atoms with E-state index >= 15 is 0 Å². The first-order chi connectivity index (χ1) is 9.43. The summed E-state index contributed by atoms with van der Waals surface area (Å²) >= 11 is 0. The zero-order chi connectivity index (χ0) is 14.9. The van der Waals surface area contributed by atoms with Gasteiger partial charge in [-0.15, -0.1) is 0 Å². The summed E-state index contributed by atoms with van der Waals surface area (Å²) in [6, 6.07) is -0.577. The topological polar surface area (TPSA) is 54.3 Å². The minimum absolute atomic E-state index is 0.124. The lowest BCUT2D eigenvalue weighted by Gasteiger charge is -2.32. The zero-order valence-electron chi connectivity index (χ0n) is 11.3. The van der Waals surface area contributed by atoms with Crippen molar-refractivity contribution in [2.24, 2.45) is 7.05 Å². The third-order valence-corrected chi connectivity index (χ3v) is 4.65. The Kier molecular flexibility index (Phi) is 4.66. The number of aldehydes is 1. The second-order valence-electron chi connectivity index (χ2n) is 4.98. The molecule has 0 aromatic carbocycles. The number of alkyl halides is 1. The normalized spacial score (nSPS) is 25.6. The summed E-state index contributed by atoms with van der Waals surface area (Å²) in [6.07, 6.45) is 0.988. The van der Waals surface area contributed by atoms with Gasteiger partial charge in [0.05, 0.1) is 6.04 Å². The molecule has 1 saturated heterocycles. The second kappa shape index (κ2) is 6.11. The number of nitrogens with zero attached hydrogens (tertiary/aromatic N) is 2. The van der Waals surface area contributed by atoms with Crippen molar-refractivity contribution in [3.63, 3.8) is 0 Å². The van der Waals surface area contributed by atoms with Gasteiger partial charge in [0.1, 0.15) is 27.7 Å². The number of nitrogens with one attached hydrogen (secondary N) is 1. The molecule has 1 fully saturated rings. The Labute approximate surface area is 118 Å². The number of hydrogen-bond donors (Lipinski definition) is 1. The van der Waals surface area contributed by atoms with Crippen LogP contribution in [0.25, 0.3) is 0 Å². The maximum Gasteiger partial charge on any atom is 0.169 e. The summed E-state index contributed by atoms with van der Waals surface area (Å²) in [5, 5.41) is 0. The SMILES string of the molecule is CN1CCC(NS(=O)c2cn(C)c(C=O)c2F)C(F)C1. The molecule has 1 aromatic rings. The van der Waals surface area contributed by atoms with Crippen LogP contribution in [0.5, 0.6) is 0 Å². The van der Waals surface area contributed by atoms with Crippen molar-refractivity contribution < 1.29 is 17.8 Å². The molecule has 20 heavy (non-hydrogen) atoms. The number of carbonyl (C=O) groups is 1. The van der Waals surface area contributed by atoms with E-state index in [4.69, 9.17) is 0 Å². The number of hydrogen-bond acceptors (Lipinski definition) is 3. The molecule has 1 aliphatic heterocycles. The van der Waals surface area contributed by atoms with Gasteiger partial charge >= 0.3 is 0 Å². The highest BCUT2D eigenvalue weighted by Crippen LogP contribution is 2.19. The molecule has 8 heteroatoms. The highest BCUT2D eigenvalue weighted by molar-refractivity contribution is 7.83. The lowest BCUT2D eigenvalue weighted by atomic mass is 10.1. The molecule has 1 N–H and O–H groups in total. The standard InChI is InChI=1S/C12H17F2N3O2S/c1-16-4-3-9(8(13)5-16)15-20(19)11-6-17(2)10(7-18)12(11)14/h6-9,15H,3-5H2,1-2H3. The molecule has 0 radical (unpaired) electrons. The largest absolute Gasteiger partial charge is 0.345 e. The van der Waals surface area contributed by atoms with Gasteiger partial charge in [-0.1, -0.05) is 0 Å². The van der Waals surface area contributed by atoms with Crippen molar-refractivity contribution in [2.75, 3.05) is 20.1 Å². The van der Waals surface area contributed by atoms with Crippen molar-refractivity contribution in [3.05, 3.63) is 17.7 Å². The maximum atomic E-state index is 13.9. The third kappa shape index (κ3) is 2.97. The Morgan fingerprint density at radius 2 is 2.20 bits per heavy atom. The lowest BCUT2D eigenvalue weighted by molar-refractivity contribution is 0.111. The number of piperidine rings is 1. The van der Waals surface area contributed by atoms with Crippen LogP contribution in [-0.4, -0.2) is 52.3 Å². The Morgan fingerprint density at radius 1 is 1.50 bits per heavy atom. The lowest BCUT2D eigenvalue weighted by Crippen LogP contribution is -2.50. The number of halogens is 2. The molecule has 2 rings (SSSR count). The molecule has 112 valence electrons. The van der Waals surface area contributed by atoms with Crippen molar-refractivity contribution in [2.45, 2.75) is 23.5 Å². The predicted molar refractivity (Wildman–Crippen MR) is 71.1 cm³/mol. The number of rotatable bonds is 4. The van der Waals surface area contributed by atoms with Gasteiger partial charge < -0.3 is 9.47 Å². The number of likely N-dealkylation sites (tertiary alicyclic amines) is 1. The molecule has 0 amide bonds. The van der Waals surface area contributed by atoms with Gasteiger partial charge in [0.25, 0.3) is 0 Å². The molecule has 1 aliphatic rings. The Balaban J connectivity index is 2.11. The molecule has 3 unspecified atom stereocenters. The van der Waals surface area contributed by atoms with E-state index in [1.807, 2.05) is 11.9 Å². The molecule has 0 spiro atoms. The van der Waals surface area contributed by atoms with Gasteiger partial charge in [-0.3, -0.25) is 4.79 Å². The van der Waals surface area contributed by atoms with Crippen molar-refractivity contribution >= 4 is 17.3 Å². The average molecular weight is 305 g/mol. The summed E-state index contributed by atoms with van der Waals surface area (Å²) in [7, 11) is 1.42.